The summed E-state index contributed by atoms with van der Waals surface area (Å²) < 4.78 is 38.3. The van der Waals surface area contributed by atoms with E-state index in [1.807, 2.05) is 18.2 Å². The molecule has 0 bridgehead atoms. The maximum Gasteiger partial charge on any atom is 0.335 e. The Hall–Kier alpha value is -5.36. The van der Waals surface area contributed by atoms with Crippen LogP contribution in [0.3, 0.4) is 0 Å². The number of methoxy groups -OCH3 is 1. The molecule has 1 aromatic heterocycles. The number of carboxylic acids is 1. The Morgan fingerprint density at radius 2 is 1.69 bits per heavy atom. The molecule has 306 valence electrons. The van der Waals surface area contributed by atoms with E-state index in [-0.39, 0.29) is 28.4 Å². The number of carbonyl (C=O) groups excluding carboxylic acids is 2. The van der Waals surface area contributed by atoms with Crippen molar-refractivity contribution in [2.24, 2.45) is 0 Å². The van der Waals surface area contributed by atoms with Gasteiger partial charge in [-0.05, 0) is 88.0 Å². The largest absolute Gasteiger partial charge is 0.478 e. The van der Waals surface area contributed by atoms with Crippen molar-refractivity contribution in [2.45, 2.75) is 18.9 Å². The SMILES string of the molecule is COCCOCCOCCOCCN1CC=C(c2cccc3c2CCN(C(=O)/C=C/c2c(-n4cnnn4)ccc(Cl)c2F)[C@@H]3C(=O)Nc2ccc(C(=O)O)cc2)CC1. The third-order valence-corrected chi connectivity index (χ3v) is 10.1. The number of carboxylic acid groups (broad SMARTS) is 1. The van der Waals surface area contributed by atoms with Gasteiger partial charge < -0.3 is 34.3 Å². The minimum Gasteiger partial charge on any atom is -0.478 e. The molecule has 0 radical (unpaired) electrons. The normalized spacial score (nSPS) is 15.7. The third-order valence-electron chi connectivity index (χ3n) is 9.82. The van der Waals surface area contributed by atoms with Gasteiger partial charge >= 0.3 is 5.97 Å². The van der Waals surface area contributed by atoms with Gasteiger partial charge in [0.05, 0.1) is 62.5 Å². The minimum absolute atomic E-state index is 0.0122. The second kappa shape index (κ2) is 20.9. The monoisotopic (exact) mass is 817 g/mol. The van der Waals surface area contributed by atoms with Gasteiger partial charge in [-0.1, -0.05) is 35.9 Å². The maximum atomic E-state index is 15.4. The summed E-state index contributed by atoms with van der Waals surface area (Å²) in [6.07, 6.45) is 7.25. The van der Waals surface area contributed by atoms with Crippen LogP contribution in [0.15, 0.2) is 73.1 Å². The first-order valence-electron chi connectivity index (χ1n) is 18.8. The lowest BCUT2D eigenvalue weighted by Gasteiger charge is -2.37. The first kappa shape index (κ1) is 42.3. The first-order chi connectivity index (χ1) is 28.2. The summed E-state index contributed by atoms with van der Waals surface area (Å²) in [5.74, 6) is -2.89. The molecular formula is C41H45ClFN7O8. The van der Waals surface area contributed by atoms with Crippen LogP contribution in [0.5, 0.6) is 0 Å². The number of fused-ring (bicyclic) bond motifs is 1. The van der Waals surface area contributed by atoms with E-state index in [2.05, 4.69) is 31.8 Å². The molecule has 3 aromatic carbocycles. The zero-order valence-corrected chi connectivity index (χ0v) is 32.8. The number of hydrogen-bond acceptors (Lipinski definition) is 11. The van der Waals surface area contributed by atoms with Crippen LogP contribution in [-0.2, 0) is 35.0 Å². The molecule has 0 aliphatic carbocycles. The molecule has 2 N–H and O–H groups in total. The van der Waals surface area contributed by atoms with Gasteiger partial charge in [0.15, 0.2) is 5.82 Å². The first-order valence-corrected chi connectivity index (χ1v) is 19.2. The summed E-state index contributed by atoms with van der Waals surface area (Å²) in [5.41, 5.74) is 4.48. The Bertz CT molecular complexity index is 2100. The number of halogens is 2. The van der Waals surface area contributed by atoms with E-state index >= 15 is 4.39 Å². The number of anilines is 1. The van der Waals surface area contributed by atoms with E-state index in [0.29, 0.717) is 63.9 Å². The minimum atomic E-state index is -1.10. The Morgan fingerprint density at radius 1 is 0.948 bits per heavy atom. The Balaban J connectivity index is 1.17. The number of hydrogen-bond donors (Lipinski definition) is 2. The summed E-state index contributed by atoms with van der Waals surface area (Å²) in [6, 6.07) is 13.4. The predicted molar refractivity (Wildman–Crippen MR) is 213 cm³/mol. The molecule has 2 amide bonds. The van der Waals surface area contributed by atoms with Crippen molar-refractivity contribution in [3.05, 3.63) is 112 Å². The number of tetrazole rings is 1. The number of ether oxygens (including phenoxy) is 4. The highest BCUT2D eigenvalue weighted by Crippen LogP contribution is 2.37. The number of aromatic nitrogens is 4. The third kappa shape index (κ3) is 10.8. The Morgan fingerprint density at radius 3 is 2.36 bits per heavy atom. The second-order valence-corrected chi connectivity index (χ2v) is 13.8. The molecule has 0 saturated carbocycles. The van der Waals surface area contributed by atoms with Crippen molar-refractivity contribution in [1.29, 1.82) is 0 Å². The molecule has 17 heteroatoms. The molecule has 58 heavy (non-hydrogen) atoms. The topological polar surface area (TPSA) is 170 Å². The molecule has 3 heterocycles. The highest BCUT2D eigenvalue weighted by molar-refractivity contribution is 6.31. The number of amides is 2. The standard InChI is InChI=1S/C41H45ClFN7O8/c1-55-21-22-57-25-26-58-24-23-56-20-19-48-16-13-28(14-17-48)31-3-2-4-33-32(31)15-18-49(39(33)40(52)45-30-7-5-29(6-8-30)41(53)54)37(51)12-9-34-36(50-27-44-46-47-50)11-10-35(42)38(34)43/h2-13,27,39H,14-26H2,1H3,(H,45,52)(H,53,54)/b12-9+/t39-/m0/s1. The molecule has 2 aliphatic rings. The number of carbonyl (C=O) groups is 3. The zero-order valence-electron chi connectivity index (χ0n) is 32.0. The van der Waals surface area contributed by atoms with Gasteiger partial charge in [0.25, 0.3) is 5.91 Å². The zero-order chi connectivity index (χ0) is 40.9. The summed E-state index contributed by atoms with van der Waals surface area (Å²) in [5, 5.41) is 23.2. The van der Waals surface area contributed by atoms with Crippen LogP contribution in [0.4, 0.5) is 10.1 Å². The average molecular weight is 818 g/mol. The van der Waals surface area contributed by atoms with Crippen molar-refractivity contribution in [3.63, 3.8) is 0 Å². The fourth-order valence-electron chi connectivity index (χ4n) is 6.87. The van der Waals surface area contributed by atoms with Gasteiger partial charge in [0.1, 0.15) is 12.4 Å². The van der Waals surface area contributed by atoms with Crippen molar-refractivity contribution < 1.29 is 42.8 Å². The molecule has 0 saturated heterocycles. The number of nitrogens with zero attached hydrogens (tertiary/aromatic N) is 6. The molecule has 1 atom stereocenters. The summed E-state index contributed by atoms with van der Waals surface area (Å²) >= 11 is 6.11. The summed E-state index contributed by atoms with van der Waals surface area (Å²) in [6.45, 7) is 6.22. The number of benzene rings is 3. The molecule has 4 aromatic rings. The summed E-state index contributed by atoms with van der Waals surface area (Å²) in [4.78, 5) is 43.5. The quantitative estimate of drug-likeness (QED) is 0.0989. The molecule has 0 spiro atoms. The van der Waals surface area contributed by atoms with E-state index in [1.54, 1.807) is 7.11 Å². The van der Waals surface area contributed by atoms with Crippen LogP contribution in [0.2, 0.25) is 5.02 Å². The highest BCUT2D eigenvalue weighted by atomic mass is 35.5. The van der Waals surface area contributed by atoms with Crippen LogP contribution in [0.1, 0.15) is 45.1 Å². The fraction of sp³-hybridized carbons (Fsp3) is 0.366. The predicted octanol–water partition coefficient (Wildman–Crippen LogP) is 4.72. The molecule has 0 fully saturated rings. The molecule has 2 aliphatic heterocycles. The molecular weight excluding hydrogens is 773 g/mol. The lowest BCUT2D eigenvalue weighted by Crippen LogP contribution is -2.45. The van der Waals surface area contributed by atoms with Crippen LogP contribution in [0, 0.1) is 5.82 Å². The van der Waals surface area contributed by atoms with Crippen LogP contribution < -0.4 is 5.32 Å². The number of nitrogens with one attached hydrogen (secondary N) is 1. The van der Waals surface area contributed by atoms with Crippen molar-refractivity contribution >= 4 is 46.7 Å². The van der Waals surface area contributed by atoms with Gasteiger partial charge in [-0.3, -0.25) is 14.5 Å². The highest BCUT2D eigenvalue weighted by Gasteiger charge is 2.37. The Labute approximate surface area is 339 Å². The van der Waals surface area contributed by atoms with Gasteiger partial charge in [-0.2, -0.15) is 4.68 Å². The lowest BCUT2D eigenvalue weighted by atomic mass is 9.84. The Kier molecular flexibility index (Phi) is 15.2. The fourth-order valence-corrected chi connectivity index (χ4v) is 7.03. The maximum absolute atomic E-state index is 15.4. The van der Waals surface area contributed by atoms with Crippen molar-refractivity contribution in [3.8, 4) is 5.69 Å². The van der Waals surface area contributed by atoms with E-state index in [0.717, 1.165) is 42.8 Å². The van der Waals surface area contributed by atoms with E-state index in [4.69, 9.17) is 30.5 Å². The number of rotatable bonds is 19. The van der Waals surface area contributed by atoms with Crippen molar-refractivity contribution in [1.82, 2.24) is 30.0 Å². The summed E-state index contributed by atoms with van der Waals surface area (Å²) in [7, 11) is 1.63. The molecule has 6 rings (SSSR count). The second-order valence-electron chi connectivity index (χ2n) is 13.4. The van der Waals surface area contributed by atoms with E-state index in [1.165, 1.54) is 64.5 Å². The molecule has 0 unspecified atom stereocenters. The van der Waals surface area contributed by atoms with Gasteiger partial charge in [-0.25, -0.2) is 9.18 Å². The number of aromatic carboxylic acids is 1. The van der Waals surface area contributed by atoms with Crippen LogP contribution in [0.25, 0.3) is 17.3 Å². The van der Waals surface area contributed by atoms with E-state index in [9.17, 15) is 19.5 Å². The van der Waals surface area contributed by atoms with Crippen LogP contribution >= 0.6 is 11.6 Å². The van der Waals surface area contributed by atoms with Gasteiger partial charge in [-0.15, -0.1) is 5.10 Å². The van der Waals surface area contributed by atoms with Gasteiger partial charge in [0.2, 0.25) is 5.91 Å². The van der Waals surface area contributed by atoms with Crippen molar-refractivity contribution in [2.75, 3.05) is 84.9 Å². The lowest BCUT2D eigenvalue weighted by molar-refractivity contribution is -0.135. The molecule has 15 nitrogen and oxygen atoms in total. The smallest absolute Gasteiger partial charge is 0.335 e. The van der Waals surface area contributed by atoms with E-state index < -0.39 is 29.6 Å². The van der Waals surface area contributed by atoms with Crippen LogP contribution in [-0.4, -0.2) is 132 Å². The van der Waals surface area contributed by atoms with Gasteiger partial charge in [0, 0.05) is 50.6 Å². The average Bonchev–Trinajstić information content (AvgIpc) is 3.78.